The molecule has 0 radical (unpaired) electrons. The van der Waals surface area contributed by atoms with E-state index in [2.05, 4.69) is 10.4 Å². The first-order valence-corrected chi connectivity index (χ1v) is 9.22. The molecule has 0 aromatic carbocycles. The van der Waals surface area contributed by atoms with Crippen LogP contribution < -0.4 is 5.32 Å². The van der Waals surface area contributed by atoms with E-state index >= 15 is 0 Å². The lowest BCUT2D eigenvalue weighted by Gasteiger charge is -2.02. The molecule has 1 amide bonds. The Kier molecular flexibility index (Phi) is 4.48. The van der Waals surface area contributed by atoms with Crippen molar-refractivity contribution in [3.8, 4) is 0 Å². The average molecular weight is 327 g/mol. The Bertz CT molecular complexity index is 759. The Labute approximate surface area is 127 Å². The first-order chi connectivity index (χ1) is 9.74. The molecular formula is C13H17N3O3S2. The van der Waals surface area contributed by atoms with Gasteiger partial charge in [0.15, 0.2) is 5.82 Å². The smallest absolute Gasteiger partial charge is 0.257 e. The van der Waals surface area contributed by atoms with Gasteiger partial charge in [0.05, 0.1) is 17.9 Å². The molecule has 114 valence electrons. The second-order valence-electron chi connectivity index (χ2n) is 4.87. The molecular weight excluding hydrogens is 310 g/mol. The zero-order chi connectivity index (χ0) is 15.6. The van der Waals surface area contributed by atoms with Crippen LogP contribution in [0.25, 0.3) is 0 Å². The molecule has 0 atom stereocenters. The van der Waals surface area contributed by atoms with Gasteiger partial charge in [-0.15, -0.1) is 11.3 Å². The third-order valence-electron chi connectivity index (χ3n) is 2.86. The summed E-state index contributed by atoms with van der Waals surface area (Å²) < 4.78 is 23.7. The van der Waals surface area contributed by atoms with E-state index < -0.39 is 9.84 Å². The minimum absolute atomic E-state index is 0.0187. The Hall–Kier alpha value is -1.67. The van der Waals surface area contributed by atoms with Crippen molar-refractivity contribution in [3.05, 3.63) is 33.6 Å². The number of rotatable bonds is 5. The standard InChI is InChI=1S/C13H17N3O3S2/c1-9-8-11(10(2)20-9)13(17)14-12-4-5-16(15-12)6-7-21(3,18)19/h4-5,8H,6-7H2,1-3H3,(H,14,15,17). The molecule has 0 saturated carbocycles. The van der Waals surface area contributed by atoms with Gasteiger partial charge in [0, 0.05) is 28.3 Å². The maximum atomic E-state index is 12.1. The van der Waals surface area contributed by atoms with Crippen LogP contribution in [0.3, 0.4) is 0 Å². The topological polar surface area (TPSA) is 81.1 Å². The van der Waals surface area contributed by atoms with Crippen LogP contribution in [0.15, 0.2) is 18.3 Å². The van der Waals surface area contributed by atoms with Gasteiger partial charge in [-0.2, -0.15) is 5.10 Å². The average Bonchev–Trinajstić information content (AvgIpc) is 2.92. The quantitative estimate of drug-likeness (QED) is 0.909. The molecule has 2 aromatic heterocycles. The minimum Gasteiger partial charge on any atom is -0.305 e. The van der Waals surface area contributed by atoms with Gasteiger partial charge in [-0.1, -0.05) is 0 Å². The monoisotopic (exact) mass is 327 g/mol. The van der Waals surface area contributed by atoms with Gasteiger partial charge in [0.25, 0.3) is 5.91 Å². The Balaban J connectivity index is 2.02. The summed E-state index contributed by atoms with van der Waals surface area (Å²) in [6, 6.07) is 3.49. The molecule has 2 rings (SSSR count). The summed E-state index contributed by atoms with van der Waals surface area (Å²) >= 11 is 1.57. The fourth-order valence-electron chi connectivity index (χ4n) is 1.85. The molecule has 0 saturated heterocycles. The Morgan fingerprint density at radius 1 is 1.43 bits per heavy atom. The number of aromatic nitrogens is 2. The highest BCUT2D eigenvalue weighted by Crippen LogP contribution is 2.21. The fraction of sp³-hybridized carbons (Fsp3) is 0.385. The Morgan fingerprint density at radius 2 is 2.14 bits per heavy atom. The highest BCUT2D eigenvalue weighted by molar-refractivity contribution is 7.90. The van der Waals surface area contributed by atoms with Crippen molar-refractivity contribution in [2.24, 2.45) is 0 Å². The van der Waals surface area contributed by atoms with E-state index in [4.69, 9.17) is 0 Å². The van der Waals surface area contributed by atoms with Crippen molar-refractivity contribution < 1.29 is 13.2 Å². The molecule has 0 aliphatic rings. The highest BCUT2D eigenvalue weighted by Gasteiger charge is 2.13. The van der Waals surface area contributed by atoms with Crippen molar-refractivity contribution >= 4 is 32.9 Å². The summed E-state index contributed by atoms with van der Waals surface area (Å²) in [5.41, 5.74) is 0.642. The summed E-state index contributed by atoms with van der Waals surface area (Å²) in [6.45, 7) is 4.12. The zero-order valence-electron chi connectivity index (χ0n) is 12.1. The number of amides is 1. The SMILES string of the molecule is Cc1cc(C(=O)Nc2ccn(CCS(C)(=O)=O)n2)c(C)s1. The maximum Gasteiger partial charge on any atom is 0.257 e. The lowest BCUT2D eigenvalue weighted by atomic mass is 10.2. The van der Waals surface area contributed by atoms with Crippen LogP contribution in [0, 0.1) is 13.8 Å². The lowest BCUT2D eigenvalue weighted by Crippen LogP contribution is -2.14. The molecule has 0 fully saturated rings. The van der Waals surface area contributed by atoms with Crippen LogP contribution in [0.5, 0.6) is 0 Å². The second kappa shape index (κ2) is 5.98. The van der Waals surface area contributed by atoms with E-state index in [0.29, 0.717) is 11.4 Å². The van der Waals surface area contributed by atoms with Crippen molar-refractivity contribution in [1.82, 2.24) is 9.78 Å². The highest BCUT2D eigenvalue weighted by atomic mass is 32.2. The third kappa shape index (κ3) is 4.40. The molecule has 0 aliphatic heterocycles. The molecule has 0 spiro atoms. The maximum absolute atomic E-state index is 12.1. The predicted octanol–water partition coefficient (Wildman–Crippen LogP) is 1.86. The molecule has 1 N–H and O–H groups in total. The first-order valence-electron chi connectivity index (χ1n) is 6.34. The van der Waals surface area contributed by atoms with Gasteiger partial charge in [0.2, 0.25) is 0 Å². The van der Waals surface area contributed by atoms with Crippen LogP contribution in [-0.4, -0.2) is 36.1 Å². The van der Waals surface area contributed by atoms with E-state index in [9.17, 15) is 13.2 Å². The number of carbonyl (C=O) groups is 1. The van der Waals surface area contributed by atoms with Crippen molar-refractivity contribution in [2.75, 3.05) is 17.3 Å². The van der Waals surface area contributed by atoms with Gasteiger partial charge >= 0.3 is 0 Å². The number of nitrogens with one attached hydrogen (secondary N) is 1. The lowest BCUT2D eigenvalue weighted by molar-refractivity contribution is 0.102. The zero-order valence-corrected chi connectivity index (χ0v) is 13.7. The fourth-order valence-corrected chi connectivity index (χ4v) is 3.29. The number of sulfone groups is 1. The molecule has 21 heavy (non-hydrogen) atoms. The van der Waals surface area contributed by atoms with Gasteiger partial charge < -0.3 is 5.32 Å². The van der Waals surface area contributed by atoms with Crippen molar-refractivity contribution in [2.45, 2.75) is 20.4 Å². The van der Waals surface area contributed by atoms with Crippen molar-refractivity contribution in [3.63, 3.8) is 0 Å². The molecule has 6 nitrogen and oxygen atoms in total. The van der Waals surface area contributed by atoms with E-state index in [0.717, 1.165) is 9.75 Å². The predicted molar refractivity (Wildman–Crippen MR) is 83.7 cm³/mol. The van der Waals surface area contributed by atoms with Crippen LogP contribution in [0.4, 0.5) is 5.82 Å². The molecule has 0 unspecified atom stereocenters. The van der Waals surface area contributed by atoms with Gasteiger partial charge in [-0.25, -0.2) is 8.42 Å². The summed E-state index contributed by atoms with van der Waals surface area (Å²) in [7, 11) is -3.03. The number of aryl methyl sites for hydroxylation is 3. The normalized spacial score (nSPS) is 11.6. The molecule has 2 heterocycles. The summed E-state index contributed by atoms with van der Waals surface area (Å²) in [4.78, 5) is 14.2. The number of anilines is 1. The van der Waals surface area contributed by atoms with E-state index in [-0.39, 0.29) is 18.2 Å². The van der Waals surface area contributed by atoms with E-state index in [1.165, 1.54) is 10.9 Å². The molecule has 0 aliphatic carbocycles. The number of thiophene rings is 1. The number of hydrogen-bond donors (Lipinski definition) is 1. The minimum atomic E-state index is -3.03. The van der Waals surface area contributed by atoms with E-state index in [1.54, 1.807) is 23.6 Å². The number of carbonyl (C=O) groups excluding carboxylic acids is 1. The Morgan fingerprint density at radius 3 is 2.71 bits per heavy atom. The van der Waals surface area contributed by atoms with Crippen LogP contribution in [0.1, 0.15) is 20.1 Å². The molecule has 0 bridgehead atoms. The second-order valence-corrected chi connectivity index (χ2v) is 8.60. The largest absolute Gasteiger partial charge is 0.305 e. The van der Waals surface area contributed by atoms with Crippen LogP contribution in [0.2, 0.25) is 0 Å². The summed E-state index contributed by atoms with van der Waals surface area (Å²) in [6.07, 6.45) is 2.83. The van der Waals surface area contributed by atoms with Gasteiger partial charge in [-0.3, -0.25) is 9.48 Å². The number of hydrogen-bond acceptors (Lipinski definition) is 5. The summed E-state index contributed by atoms with van der Waals surface area (Å²) in [5, 5.41) is 6.86. The molecule has 2 aromatic rings. The first kappa shape index (κ1) is 15.7. The van der Waals surface area contributed by atoms with Crippen molar-refractivity contribution in [1.29, 1.82) is 0 Å². The molecule has 8 heteroatoms. The number of nitrogens with zero attached hydrogens (tertiary/aromatic N) is 2. The van der Waals surface area contributed by atoms with Gasteiger partial charge in [-0.05, 0) is 19.9 Å². The summed E-state index contributed by atoms with van der Waals surface area (Å²) in [5.74, 6) is 0.229. The van der Waals surface area contributed by atoms with E-state index in [1.807, 2.05) is 19.9 Å². The van der Waals surface area contributed by atoms with Crippen LogP contribution >= 0.6 is 11.3 Å². The third-order valence-corrected chi connectivity index (χ3v) is 4.75. The van der Waals surface area contributed by atoms with Crippen LogP contribution in [-0.2, 0) is 16.4 Å². The van der Waals surface area contributed by atoms with Gasteiger partial charge in [0.1, 0.15) is 9.84 Å².